The van der Waals surface area contributed by atoms with Crippen LogP contribution < -0.4 is 16.4 Å². The van der Waals surface area contributed by atoms with Gasteiger partial charge in [-0.1, -0.05) is 6.07 Å². The van der Waals surface area contributed by atoms with Crippen LogP contribution in [0.4, 0.5) is 0 Å². The van der Waals surface area contributed by atoms with Gasteiger partial charge in [-0.3, -0.25) is 4.98 Å². The number of ether oxygens (including phenoxy) is 1. The molecule has 98 valence electrons. The van der Waals surface area contributed by atoms with Gasteiger partial charge in [0.2, 0.25) is 0 Å². The van der Waals surface area contributed by atoms with Gasteiger partial charge in [-0.15, -0.1) is 0 Å². The molecule has 6 nitrogen and oxygen atoms in total. The SMILES string of the molecule is COC(C)/N=C(\N)NC(=S)NCc1cccnc1. The normalized spacial score (nSPS) is 12.9. The average Bonchev–Trinajstić information content (AvgIpc) is 2.37. The highest BCUT2D eigenvalue weighted by Gasteiger charge is 2.01. The van der Waals surface area contributed by atoms with E-state index in [0.29, 0.717) is 11.7 Å². The molecule has 0 aliphatic rings. The number of nitrogens with zero attached hydrogens (tertiary/aromatic N) is 2. The van der Waals surface area contributed by atoms with Gasteiger partial charge in [0, 0.05) is 26.0 Å². The van der Waals surface area contributed by atoms with E-state index >= 15 is 0 Å². The Balaban J connectivity index is 2.36. The summed E-state index contributed by atoms with van der Waals surface area (Å²) in [6.45, 7) is 2.35. The Labute approximate surface area is 112 Å². The highest BCUT2D eigenvalue weighted by molar-refractivity contribution is 7.80. The summed E-state index contributed by atoms with van der Waals surface area (Å²) in [5.41, 5.74) is 6.67. The minimum Gasteiger partial charge on any atom is -0.370 e. The van der Waals surface area contributed by atoms with Crippen molar-refractivity contribution in [1.82, 2.24) is 15.6 Å². The summed E-state index contributed by atoms with van der Waals surface area (Å²) >= 11 is 5.07. The van der Waals surface area contributed by atoms with Gasteiger partial charge >= 0.3 is 0 Å². The standard InChI is InChI=1S/C11H17N5OS/c1-8(17-2)15-10(12)16-11(18)14-7-9-4-3-5-13-6-9/h3-6,8H,7H2,1-2H3,(H4,12,14,15,16,18). The van der Waals surface area contributed by atoms with E-state index in [4.69, 9.17) is 22.7 Å². The number of pyridine rings is 1. The Morgan fingerprint density at radius 1 is 1.67 bits per heavy atom. The minimum absolute atomic E-state index is 0.216. The Morgan fingerprint density at radius 2 is 2.44 bits per heavy atom. The summed E-state index contributed by atoms with van der Waals surface area (Å²) in [5, 5.41) is 6.17. The molecule has 1 unspecified atom stereocenters. The minimum atomic E-state index is -0.307. The lowest BCUT2D eigenvalue weighted by atomic mass is 10.3. The number of methoxy groups -OCH3 is 1. The first-order valence-corrected chi connectivity index (χ1v) is 5.82. The van der Waals surface area contributed by atoms with E-state index in [9.17, 15) is 0 Å². The Kier molecular flexibility index (Phi) is 6.03. The van der Waals surface area contributed by atoms with Crippen molar-refractivity contribution in [2.24, 2.45) is 10.7 Å². The maximum Gasteiger partial charge on any atom is 0.197 e. The molecule has 4 N–H and O–H groups in total. The van der Waals surface area contributed by atoms with E-state index in [1.807, 2.05) is 12.1 Å². The van der Waals surface area contributed by atoms with Crippen LogP contribution in [-0.4, -0.2) is 29.4 Å². The largest absolute Gasteiger partial charge is 0.370 e. The monoisotopic (exact) mass is 267 g/mol. The van der Waals surface area contributed by atoms with Crippen molar-refractivity contribution in [1.29, 1.82) is 0 Å². The molecule has 0 radical (unpaired) electrons. The molecular formula is C11H17N5OS. The molecule has 1 atom stereocenters. The van der Waals surface area contributed by atoms with E-state index in [1.165, 1.54) is 0 Å². The molecule has 7 heteroatoms. The first-order valence-electron chi connectivity index (χ1n) is 5.41. The van der Waals surface area contributed by atoms with Crippen LogP contribution in [0.2, 0.25) is 0 Å². The maximum atomic E-state index is 5.64. The summed E-state index contributed by atoms with van der Waals surface area (Å²) < 4.78 is 4.95. The molecule has 0 spiro atoms. The number of nitrogens with one attached hydrogen (secondary N) is 2. The van der Waals surface area contributed by atoms with Crippen LogP contribution in [0.1, 0.15) is 12.5 Å². The summed E-state index contributed by atoms with van der Waals surface area (Å²) in [5.74, 6) is 0.216. The molecule has 0 aromatic carbocycles. The van der Waals surface area contributed by atoms with Crippen LogP contribution in [0.25, 0.3) is 0 Å². The molecule has 18 heavy (non-hydrogen) atoms. The predicted octanol–water partition coefficient (Wildman–Crippen LogP) is 0.353. The summed E-state index contributed by atoms with van der Waals surface area (Å²) in [4.78, 5) is 8.02. The molecule has 0 fully saturated rings. The van der Waals surface area contributed by atoms with Crippen molar-refractivity contribution in [3.8, 4) is 0 Å². The highest BCUT2D eigenvalue weighted by atomic mass is 32.1. The van der Waals surface area contributed by atoms with Crippen molar-refractivity contribution in [3.63, 3.8) is 0 Å². The molecule has 1 aromatic rings. The van der Waals surface area contributed by atoms with E-state index in [0.717, 1.165) is 5.56 Å². The van der Waals surface area contributed by atoms with Gasteiger partial charge in [0.05, 0.1) is 0 Å². The van der Waals surface area contributed by atoms with Crippen LogP contribution in [0.15, 0.2) is 29.5 Å². The van der Waals surface area contributed by atoms with Gasteiger partial charge in [0.1, 0.15) is 6.23 Å². The molecule has 0 bridgehead atoms. The van der Waals surface area contributed by atoms with Gasteiger partial charge in [0.25, 0.3) is 0 Å². The first-order chi connectivity index (χ1) is 8.61. The number of aromatic nitrogens is 1. The lowest BCUT2D eigenvalue weighted by Gasteiger charge is -2.11. The van der Waals surface area contributed by atoms with Crippen LogP contribution >= 0.6 is 12.2 Å². The highest BCUT2D eigenvalue weighted by Crippen LogP contribution is 1.94. The van der Waals surface area contributed by atoms with Gasteiger partial charge in [-0.05, 0) is 30.8 Å². The fourth-order valence-electron chi connectivity index (χ4n) is 1.13. The number of aliphatic imine (C=N–C) groups is 1. The zero-order chi connectivity index (χ0) is 13.4. The second kappa shape index (κ2) is 7.57. The van der Waals surface area contributed by atoms with Crippen molar-refractivity contribution < 1.29 is 4.74 Å². The Hall–Kier alpha value is -1.73. The van der Waals surface area contributed by atoms with Crippen molar-refractivity contribution in [3.05, 3.63) is 30.1 Å². The second-order valence-electron chi connectivity index (χ2n) is 3.52. The van der Waals surface area contributed by atoms with Gasteiger partial charge in [-0.25, -0.2) is 4.99 Å². The fourth-order valence-corrected chi connectivity index (χ4v) is 1.30. The third kappa shape index (κ3) is 5.55. The number of guanidine groups is 1. The number of hydrogen-bond donors (Lipinski definition) is 3. The molecule has 1 aromatic heterocycles. The average molecular weight is 267 g/mol. The summed E-state index contributed by atoms with van der Waals surface area (Å²) in [7, 11) is 1.56. The van der Waals surface area contributed by atoms with Crippen LogP contribution in [-0.2, 0) is 11.3 Å². The van der Waals surface area contributed by atoms with Crippen molar-refractivity contribution in [2.75, 3.05) is 7.11 Å². The van der Waals surface area contributed by atoms with Crippen LogP contribution in [0, 0.1) is 0 Å². The zero-order valence-corrected chi connectivity index (χ0v) is 11.2. The van der Waals surface area contributed by atoms with E-state index < -0.39 is 0 Å². The van der Waals surface area contributed by atoms with Gasteiger partial charge in [0.15, 0.2) is 11.1 Å². The van der Waals surface area contributed by atoms with Gasteiger partial charge in [-0.2, -0.15) is 0 Å². The number of hydrogen-bond acceptors (Lipinski definition) is 4. The van der Waals surface area contributed by atoms with E-state index in [1.54, 1.807) is 26.4 Å². The third-order valence-electron chi connectivity index (χ3n) is 2.08. The van der Waals surface area contributed by atoms with Gasteiger partial charge < -0.3 is 21.1 Å². The lowest BCUT2D eigenvalue weighted by molar-refractivity contribution is 0.126. The second-order valence-corrected chi connectivity index (χ2v) is 3.93. The van der Waals surface area contributed by atoms with E-state index in [-0.39, 0.29) is 12.2 Å². The molecule has 0 aliphatic carbocycles. The van der Waals surface area contributed by atoms with Crippen molar-refractivity contribution >= 4 is 23.3 Å². The fraction of sp³-hybridized carbons (Fsp3) is 0.364. The van der Waals surface area contributed by atoms with E-state index in [2.05, 4.69) is 20.6 Å². The quantitative estimate of drug-likeness (QED) is 0.415. The molecule has 0 aliphatic heterocycles. The summed E-state index contributed by atoms with van der Waals surface area (Å²) in [6.07, 6.45) is 3.18. The third-order valence-corrected chi connectivity index (χ3v) is 2.33. The predicted molar refractivity (Wildman–Crippen MR) is 74.9 cm³/mol. The maximum absolute atomic E-state index is 5.64. The molecule has 1 heterocycles. The first kappa shape index (κ1) is 14.3. The number of nitrogens with two attached hydrogens (primary N) is 1. The number of thiocarbonyl (C=S) groups is 1. The molecule has 0 saturated heterocycles. The Bertz CT molecular complexity index is 409. The van der Waals surface area contributed by atoms with Crippen molar-refractivity contribution in [2.45, 2.75) is 19.7 Å². The summed E-state index contributed by atoms with van der Waals surface area (Å²) in [6, 6.07) is 3.82. The number of rotatable bonds is 4. The lowest BCUT2D eigenvalue weighted by Crippen LogP contribution is -2.43. The molecular weight excluding hydrogens is 250 g/mol. The molecule has 0 saturated carbocycles. The van der Waals surface area contributed by atoms with Crippen LogP contribution in [0.3, 0.4) is 0 Å². The van der Waals surface area contributed by atoms with Crippen LogP contribution in [0.5, 0.6) is 0 Å². The zero-order valence-electron chi connectivity index (χ0n) is 10.4. The topological polar surface area (TPSA) is 84.6 Å². The molecule has 1 rings (SSSR count). The molecule has 0 amide bonds. The Morgan fingerprint density at radius 3 is 3.06 bits per heavy atom. The smallest absolute Gasteiger partial charge is 0.197 e.